The third kappa shape index (κ3) is 5.15. The van der Waals surface area contributed by atoms with E-state index in [0.29, 0.717) is 0 Å². The molecule has 0 aliphatic heterocycles. The molecule has 0 aliphatic carbocycles. The van der Waals surface area contributed by atoms with Gasteiger partial charge in [0, 0.05) is 18.3 Å². The van der Waals surface area contributed by atoms with Gasteiger partial charge in [0.2, 0.25) is 0 Å². The van der Waals surface area contributed by atoms with E-state index in [0.717, 1.165) is 26.2 Å². The molecule has 2 rings (SSSR count). The minimum Gasteiger partial charge on any atom is -0.313 e. The number of benzene rings is 1. The molecular weight excluding hydrogens is 248 g/mol. The van der Waals surface area contributed by atoms with Gasteiger partial charge in [0.1, 0.15) is 0 Å². The fraction of sp³-hybridized carbons (Fsp3) is 0.438. The predicted molar refractivity (Wildman–Crippen MR) is 82.6 cm³/mol. The van der Waals surface area contributed by atoms with E-state index in [9.17, 15) is 0 Å². The molecule has 0 radical (unpaired) electrons. The van der Waals surface area contributed by atoms with Crippen molar-refractivity contribution in [2.45, 2.75) is 19.5 Å². The van der Waals surface area contributed by atoms with Crippen LogP contribution in [-0.2, 0) is 13.1 Å². The average molecular weight is 272 g/mol. The number of rotatable bonds is 8. The summed E-state index contributed by atoms with van der Waals surface area (Å²) >= 11 is 0. The zero-order valence-electron chi connectivity index (χ0n) is 12.4. The summed E-state index contributed by atoms with van der Waals surface area (Å²) in [7, 11) is 4.21. The minimum absolute atomic E-state index is 0.835. The van der Waals surface area contributed by atoms with Crippen LogP contribution in [0.3, 0.4) is 0 Å². The topological polar surface area (TPSA) is 33.1 Å². The van der Waals surface area contributed by atoms with Crippen LogP contribution in [0.4, 0.5) is 0 Å². The van der Waals surface area contributed by atoms with Crippen LogP contribution in [0.1, 0.15) is 17.5 Å². The lowest BCUT2D eigenvalue weighted by Crippen LogP contribution is -2.20. The minimum atomic E-state index is 0.835. The molecule has 0 saturated carbocycles. The first kappa shape index (κ1) is 14.8. The number of hydrogen-bond donors (Lipinski definition) is 1. The highest BCUT2D eigenvalue weighted by atomic mass is 15.3. The van der Waals surface area contributed by atoms with Gasteiger partial charge in [0.05, 0.1) is 12.7 Å². The summed E-state index contributed by atoms with van der Waals surface area (Å²) < 4.78 is 1.99. The third-order valence-electron chi connectivity index (χ3n) is 3.16. The highest BCUT2D eigenvalue weighted by Crippen LogP contribution is 2.03. The summed E-state index contributed by atoms with van der Waals surface area (Å²) in [5.74, 6) is 0. The van der Waals surface area contributed by atoms with Gasteiger partial charge in [-0.1, -0.05) is 30.3 Å². The van der Waals surface area contributed by atoms with E-state index in [1.165, 1.54) is 17.5 Å². The van der Waals surface area contributed by atoms with Gasteiger partial charge in [-0.25, -0.2) is 0 Å². The fourth-order valence-corrected chi connectivity index (χ4v) is 2.11. The van der Waals surface area contributed by atoms with Crippen LogP contribution in [0, 0.1) is 0 Å². The van der Waals surface area contributed by atoms with Crippen molar-refractivity contribution < 1.29 is 0 Å². The molecular formula is C16H24N4. The maximum atomic E-state index is 4.41. The third-order valence-corrected chi connectivity index (χ3v) is 3.16. The Morgan fingerprint density at radius 3 is 2.70 bits per heavy atom. The van der Waals surface area contributed by atoms with E-state index in [2.05, 4.69) is 59.9 Å². The van der Waals surface area contributed by atoms with Crippen molar-refractivity contribution in [3.05, 3.63) is 53.9 Å². The van der Waals surface area contributed by atoms with Crippen molar-refractivity contribution >= 4 is 0 Å². The zero-order valence-corrected chi connectivity index (χ0v) is 12.4. The smallest absolute Gasteiger partial charge is 0.0659 e. The number of nitrogens with zero attached hydrogens (tertiary/aromatic N) is 3. The molecule has 0 spiro atoms. The van der Waals surface area contributed by atoms with Gasteiger partial charge < -0.3 is 10.2 Å². The van der Waals surface area contributed by atoms with Crippen LogP contribution in [0.2, 0.25) is 0 Å². The largest absolute Gasteiger partial charge is 0.313 e. The van der Waals surface area contributed by atoms with Crippen molar-refractivity contribution in [3.8, 4) is 0 Å². The zero-order chi connectivity index (χ0) is 14.2. The second-order valence-corrected chi connectivity index (χ2v) is 5.37. The molecule has 1 heterocycles. The molecule has 0 atom stereocenters. The maximum Gasteiger partial charge on any atom is 0.0659 e. The maximum absolute atomic E-state index is 4.41. The molecule has 1 N–H and O–H groups in total. The summed E-state index contributed by atoms with van der Waals surface area (Å²) in [5.41, 5.74) is 2.52. The summed E-state index contributed by atoms with van der Waals surface area (Å²) in [6, 6.07) is 10.4. The van der Waals surface area contributed by atoms with E-state index in [1.54, 1.807) is 0 Å². The van der Waals surface area contributed by atoms with Crippen LogP contribution in [-0.4, -0.2) is 41.9 Å². The molecule has 0 amide bonds. The van der Waals surface area contributed by atoms with Crippen molar-refractivity contribution in [3.63, 3.8) is 0 Å². The second kappa shape index (κ2) is 7.82. The summed E-state index contributed by atoms with van der Waals surface area (Å²) in [4.78, 5) is 2.21. The Morgan fingerprint density at radius 1 is 1.15 bits per heavy atom. The normalized spacial score (nSPS) is 11.2. The molecule has 0 aliphatic rings. The Balaban J connectivity index is 1.72. The summed E-state index contributed by atoms with van der Waals surface area (Å²) in [6.07, 6.45) is 5.24. The van der Waals surface area contributed by atoms with Crippen LogP contribution >= 0.6 is 0 Å². The van der Waals surface area contributed by atoms with Crippen molar-refractivity contribution in [1.29, 1.82) is 0 Å². The molecule has 0 fully saturated rings. The molecule has 1 aromatic carbocycles. The van der Waals surface area contributed by atoms with Gasteiger partial charge >= 0.3 is 0 Å². The molecule has 4 heteroatoms. The van der Waals surface area contributed by atoms with Crippen LogP contribution in [0.5, 0.6) is 0 Å². The van der Waals surface area contributed by atoms with Gasteiger partial charge in [0.25, 0.3) is 0 Å². The van der Waals surface area contributed by atoms with Crippen molar-refractivity contribution in [1.82, 2.24) is 20.0 Å². The lowest BCUT2D eigenvalue weighted by Gasteiger charge is -2.09. The number of aromatic nitrogens is 2. The standard InChI is InChI=1S/C16H24N4/c1-19(2)10-6-9-17-11-16-12-18-20(14-16)13-15-7-4-3-5-8-15/h3-5,7-8,12,14,17H,6,9-11,13H2,1-2H3. The van der Waals surface area contributed by atoms with Crippen LogP contribution in [0.15, 0.2) is 42.7 Å². The Bertz CT molecular complexity index is 490. The molecule has 0 bridgehead atoms. The highest BCUT2D eigenvalue weighted by Gasteiger charge is 1.99. The SMILES string of the molecule is CN(C)CCCNCc1cnn(Cc2ccccc2)c1. The Kier molecular flexibility index (Phi) is 5.77. The number of hydrogen-bond acceptors (Lipinski definition) is 3. The molecule has 1 aromatic heterocycles. The van der Waals surface area contributed by atoms with Gasteiger partial charge in [-0.3, -0.25) is 4.68 Å². The lowest BCUT2D eigenvalue weighted by atomic mass is 10.2. The van der Waals surface area contributed by atoms with Crippen LogP contribution in [0.25, 0.3) is 0 Å². The van der Waals surface area contributed by atoms with Crippen LogP contribution < -0.4 is 5.32 Å². The molecule has 2 aromatic rings. The molecule has 20 heavy (non-hydrogen) atoms. The fourth-order valence-electron chi connectivity index (χ4n) is 2.11. The van der Waals surface area contributed by atoms with E-state index in [1.807, 2.05) is 16.9 Å². The quantitative estimate of drug-likeness (QED) is 0.746. The van der Waals surface area contributed by atoms with Gasteiger partial charge in [0.15, 0.2) is 0 Å². The Morgan fingerprint density at radius 2 is 1.95 bits per heavy atom. The van der Waals surface area contributed by atoms with E-state index in [4.69, 9.17) is 0 Å². The van der Waals surface area contributed by atoms with Crippen molar-refractivity contribution in [2.75, 3.05) is 27.2 Å². The molecule has 4 nitrogen and oxygen atoms in total. The summed E-state index contributed by atoms with van der Waals surface area (Å²) in [5, 5.41) is 7.86. The first-order valence-corrected chi connectivity index (χ1v) is 7.15. The van der Waals surface area contributed by atoms with E-state index in [-0.39, 0.29) is 0 Å². The monoisotopic (exact) mass is 272 g/mol. The van der Waals surface area contributed by atoms with Crippen molar-refractivity contribution in [2.24, 2.45) is 0 Å². The molecule has 108 valence electrons. The van der Waals surface area contributed by atoms with Gasteiger partial charge in [-0.2, -0.15) is 5.10 Å². The summed E-state index contributed by atoms with van der Waals surface area (Å²) in [6.45, 7) is 3.89. The first-order chi connectivity index (χ1) is 9.74. The van der Waals surface area contributed by atoms with E-state index < -0.39 is 0 Å². The Hall–Kier alpha value is -1.65. The number of nitrogens with one attached hydrogen (secondary N) is 1. The first-order valence-electron chi connectivity index (χ1n) is 7.15. The highest BCUT2D eigenvalue weighted by molar-refractivity contribution is 5.15. The average Bonchev–Trinajstić information content (AvgIpc) is 2.87. The lowest BCUT2D eigenvalue weighted by molar-refractivity contribution is 0.394. The predicted octanol–water partition coefficient (Wildman–Crippen LogP) is 1.97. The Labute approximate surface area is 121 Å². The van der Waals surface area contributed by atoms with E-state index >= 15 is 0 Å². The van der Waals surface area contributed by atoms with Gasteiger partial charge in [-0.15, -0.1) is 0 Å². The second-order valence-electron chi connectivity index (χ2n) is 5.37. The molecule has 0 unspecified atom stereocenters. The van der Waals surface area contributed by atoms with Gasteiger partial charge in [-0.05, 0) is 39.2 Å². The molecule has 0 saturated heterocycles.